The number of aliphatic carboxylic acids is 1. The number of aromatic nitrogens is 3. The van der Waals surface area contributed by atoms with E-state index in [2.05, 4.69) is 20.0 Å². The third-order valence-corrected chi connectivity index (χ3v) is 7.40. The Balaban J connectivity index is 1.74. The van der Waals surface area contributed by atoms with Crippen LogP contribution in [-0.4, -0.2) is 83.1 Å². The number of benzene rings is 2. The molecule has 13 heteroatoms. The Morgan fingerprint density at radius 1 is 1.10 bits per heavy atom. The number of nitro benzene ring substituents is 1. The van der Waals surface area contributed by atoms with Crippen LogP contribution in [0, 0.1) is 10.1 Å². The lowest BCUT2D eigenvalue weighted by Gasteiger charge is -2.34. The van der Waals surface area contributed by atoms with Gasteiger partial charge in [-0.25, -0.2) is 4.79 Å². The van der Waals surface area contributed by atoms with Gasteiger partial charge in [0.05, 0.1) is 19.1 Å². The van der Waals surface area contributed by atoms with Crippen molar-refractivity contribution in [2.75, 3.05) is 52.3 Å². The lowest BCUT2D eigenvalue weighted by atomic mass is 10.1. The monoisotopic (exact) mass is 554 g/mol. The van der Waals surface area contributed by atoms with Crippen LogP contribution in [0.15, 0.2) is 46.5 Å². The second-order valence-electron chi connectivity index (χ2n) is 8.86. The van der Waals surface area contributed by atoms with E-state index in [0.717, 1.165) is 43.6 Å². The van der Waals surface area contributed by atoms with Gasteiger partial charge in [0.1, 0.15) is 16.4 Å². The van der Waals surface area contributed by atoms with E-state index < -0.39 is 10.9 Å². The van der Waals surface area contributed by atoms with Crippen molar-refractivity contribution in [3.05, 3.63) is 57.0 Å². The standard InChI is InChI=1S/C26H30N6O6S/c1-5-31-24(18-13-20(37-3)16-21(14-18)38-4)27-28-26(31)39-23(25(33)34)15-17-12-19(32(35)36)6-7-22(17)30-10-8-29(2)9-11-30/h6-7,12-16H,5,8-11H2,1-4H3,(H,33,34)/b23-15+. The molecular weight excluding hydrogens is 524 g/mol. The summed E-state index contributed by atoms with van der Waals surface area (Å²) in [5.41, 5.74) is 1.79. The Labute approximate surface area is 230 Å². The van der Waals surface area contributed by atoms with Crippen LogP contribution in [0.5, 0.6) is 11.5 Å². The molecule has 1 saturated heterocycles. The lowest BCUT2D eigenvalue weighted by molar-refractivity contribution is -0.384. The molecule has 0 atom stereocenters. The zero-order chi connectivity index (χ0) is 28.1. The smallest absolute Gasteiger partial charge is 0.342 e. The minimum absolute atomic E-state index is 0.0391. The summed E-state index contributed by atoms with van der Waals surface area (Å²) in [5, 5.41) is 30.6. The van der Waals surface area contributed by atoms with Gasteiger partial charge in [-0.1, -0.05) is 0 Å². The van der Waals surface area contributed by atoms with Crippen LogP contribution in [0.25, 0.3) is 17.5 Å². The van der Waals surface area contributed by atoms with Gasteiger partial charge in [0, 0.05) is 67.7 Å². The van der Waals surface area contributed by atoms with Gasteiger partial charge >= 0.3 is 5.97 Å². The van der Waals surface area contributed by atoms with E-state index >= 15 is 0 Å². The van der Waals surface area contributed by atoms with Crippen molar-refractivity contribution in [2.45, 2.75) is 18.6 Å². The van der Waals surface area contributed by atoms with Gasteiger partial charge in [0.25, 0.3) is 5.69 Å². The quantitative estimate of drug-likeness (QED) is 0.169. The molecule has 3 aromatic rings. The fraction of sp³-hybridized carbons (Fsp3) is 0.346. The molecule has 0 radical (unpaired) electrons. The summed E-state index contributed by atoms with van der Waals surface area (Å²) in [6, 6.07) is 9.88. The van der Waals surface area contributed by atoms with Crippen LogP contribution in [0.4, 0.5) is 11.4 Å². The number of likely N-dealkylation sites (N-methyl/N-ethyl adjacent to an activating group) is 1. The minimum Gasteiger partial charge on any atom is -0.497 e. The number of hydrogen-bond donors (Lipinski definition) is 1. The van der Waals surface area contributed by atoms with Crippen LogP contribution < -0.4 is 14.4 Å². The average molecular weight is 555 g/mol. The lowest BCUT2D eigenvalue weighted by Crippen LogP contribution is -2.44. The van der Waals surface area contributed by atoms with Crippen molar-refractivity contribution in [3.63, 3.8) is 0 Å². The predicted octanol–water partition coefficient (Wildman–Crippen LogP) is 3.86. The minimum atomic E-state index is -1.17. The molecule has 0 saturated carbocycles. The molecule has 1 aromatic heterocycles. The van der Waals surface area contributed by atoms with Crippen LogP contribution in [0.3, 0.4) is 0 Å². The predicted molar refractivity (Wildman–Crippen MR) is 149 cm³/mol. The van der Waals surface area contributed by atoms with Crippen molar-refractivity contribution < 1.29 is 24.3 Å². The molecule has 12 nitrogen and oxygen atoms in total. The van der Waals surface area contributed by atoms with Gasteiger partial charge in [0.2, 0.25) is 0 Å². The summed E-state index contributed by atoms with van der Waals surface area (Å²) in [6.45, 7) is 5.49. The van der Waals surface area contributed by atoms with Crippen molar-refractivity contribution in [2.24, 2.45) is 0 Å². The number of methoxy groups -OCH3 is 2. The number of nitrogens with zero attached hydrogens (tertiary/aromatic N) is 6. The fourth-order valence-electron chi connectivity index (χ4n) is 4.28. The molecule has 2 aromatic carbocycles. The molecule has 1 aliphatic rings. The topological polar surface area (TPSA) is 136 Å². The van der Waals surface area contributed by atoms with Crippen LogP contribution in [0.1, 0.15) is 12.5 Å². The zero-order valence-electron chi connectivity index (χ0n) is 22.2. The SMILES string of the molecule is CCn1c(S/C(=C/c2cc([N+](=O)[O-])ccc2N2CCN(C)CC2)C(=O)O)nnc1-c1cc(OC)cc(OC)c1. The molecule has 39 heavy (non-hydrogen) atoms. The molecule has 0 unspecified atom stereocenters. The van der Waals surface area contributed by atoms with E-state index in [1.54, 1.807) is 43.1 Å². The van der Waals surface area contributed by atoms with Crippen molar-refractivity contribution >= 4 is 35.2 Å². The van der Waals surface area contributed by atoms with E-state index in [-0.39, 0.29) is 10.6 Å². The van der Waals surface area contributed by atoms with E-state index in [9.17, 15) is 20.0 Å². The number of ether oxygens (including phenoxy) is 2. The first kappa shape index (κ1) is 27.9. The normalized spacial score (nSPS) is 14.4. The number of anilines is 1. The van der Waals surface area contributed by atoms with Crippen molar-refractivity contribution in [3.8, 4) is 22.9 Å². The van der Waals surface area contributed by atoms with Gasteiger partial charge in [-0.2, -0.15) is 0 Å². The Morgan fingerprint density at radius 2 is 1.77 bits per heavy atom. The summed E-state index contributed by atoms with van der Waals surface area (Å²) in [6.07, 6.45) is 1.47. The van der Waals surface area contributed by atoms with E-state index in [1.807, 2.05) is 14.0 Å². The molecular formula is C26H30N6O6S. The second kappa shape index (κ2) is 12.2. The van der Waals surface area contributed by atoms with E-state index in [1.165, 1.54) is 18.2 Å². The number of non-ortho nitro benzene ring substituents is 1. The number of hydrogen-bond acceptors (Lipinski definition) is 10. The maximum Gasteiger partial charge on any atom is 0.342 e. The number of rotatable bonds is 10. The summed E-state index contributed by atoms with van der Waals surface area (Å²) < 4.78 is 12.5. The summed E-state index contributed by atoms with van der Waals surface area (Å²) in [4.78, 5) is 27.7. The summed E-state index contributed by atoms with van der Waals surface area (Å²) >= 11 is 0.940. The molecule has 1 fully saturated rings. The average Bonchev–Trinajstić information content (AvgIpc) is 3.35. The second-order valence-corrected chi connectivity index (χ2v) is 9.87. The highest BCUT2D eigenvalue weighted by molar-refractivity contribution is 8.04. The Kier molecular flexibility index (Phi) is 8.72. The van der Waals surface area contributed by atoms with Gasteiger partial charge in [-0.15, -0.1) is 10.2 Å². The maximum absolute atomic E-state index is 12.4. The van der Waals surface area contributed by atoms with E-state index in [4.69, 9.17) is 9.47 Å². The van der Waals surface area contributed by atoms with Crippen LogP contribution in [0.2, 0.25) is 0 Å². The van der Waals surface area contributed by atoms with Gasteiger partial charge < -0.3 is 28.9 Å². The molecule has 2 heterocycles. The maximum atomic E-state index is 12.4. The first-order chi connectivity index (χ1) is 18.7. The zero-order valence-corrected chi connectivity index (χ0v) is 23.0. The van der Waals surface area contributed by atoms with Gasteiger partial charge in [0.15, 0.2) is 11.0 Å². The molecule has 206 valence electrons. The van der Waals surface area contributed by atoms with E-state index in [0.29, 0.717) is 40.2 Å². The van der Waals surface area contributed by atoms with Crippen LogP contribution >= 0.6 is 11.8 Å². The molecule has 1 N–H and O–H groups in total. The number of carbonyl (C=O) groups is 1. The van der Waals surface area contributed by atoms with Crippen molar-refractivity contribution in [1.82, 2.24) is 19.7 Å². The number of piperazine rings is 1. The number of thioether (sulfide) groups is 1. The number of carboxylic acids is 1. The van der Waals surface area contributed by atoms with Gasteiger partial charge in [-0.05, 0) is 50.0 Å². The highest BCUT2D eigenvalue weighted by Gasteiger charge is 2.23. The first-order valence-electron chi connectivity index (χ1n) is 12.3. The third-order valence-electron chi connectivity index (χ3n) is 6.41. The third kappa shape index (κ3) is 6.32. The highest BCUT2D eigenvalue weighted by Crippen LogP contribution is 2.35. The molecule has 4 rings (SSSR count). The Morgan fingerprint density at radius 3 is 2.33 bits per heavy atom. The Hall–Kier alpha value is -4.10. The number of nitro groups is 1. The van der Waals surface area contributed by atoms with Gasteiger partial charge in [-0.3, -0.25) is 10.1 Å². The first-order valence-corrected chi connectivity index (χ1v) is 13.1. The number of carboxylic acid groups (broad SMARTS) is 1. The Bertz CT molecular complexity index is 1380. The van der Waals surface area contributed by atoms with Crippen molar-refractivity contribution in [1.29, 1.82) is 0 Å². The van der Waals surface area contributed by atoms with Crippen LogP contribution in [-0.2, 0) is 11.3 Å². The molecule has 1 aliphatic heterocycles. The fourth-order valence-corrected chi connectivity index (χ4v) is 5.16. The molecule has 0 amide bonds. The molecule has 0 bridgehead atoms. The molecule has 0 aliphatic carbocycles. The summed E-state index contributed by atoms with van der Waals surface area (Å²) in [7, 11) is 5.14. The molecule has 0 spiro atoms. The summed E-state index contributed by atoms with van der Waals surface area (Å²) in [5.74, 6) is 0.511. The highest BCUT2D eigenvalue weighted by atomic mass is 32.2. The largest absolute Gasteiger partial charge is 0.497 e.